The molecule has 5 unspecified atom stereocenters. The van der Waals surface area contributed by atoms with Gasteiger partial charge >= 0.3 is 5.97 Å². The average Bonchev–Trinajstić information content (AvgIpc) is 2.64. The van der Waals surface area contributed by atoms with Gasteiger partial charge in [0.15, 0.2) is 0 Å². The van der Waals surface area contributed by atoms with Crippen molar-refractivity contribution in [1.29, 1.82) is 0 Å². The van der Waals surface area contributed by atoms with Crippen LogP contribution in [0.15, 0.2) is 0 Å². The first-order valence-corrected chi connectivity index (χ1v) is 10.0. The normalized spacial score (nSPS) is 16.0. The number of aliphatic carboxylic acids is 1. The summed E-state index contributed by atoms with van der Waals surface area (Å²) < 4.78 is 0. The highest BCUT2D eigenvalue weighted by atomic mass is 16.4. The molecule has 0 aromatic rings. The summed E-state index contributed by atoms with van der Waals surface area (Å²) in [5, 5.41) is 26.3. The standard InChI is InChI=1S/C19H35N5O7/c1-8(2)13(21)16(27)24-15(10(5)25)18(29)23-14(9(3)4)17(28)22-11(19(30)31)6-7-12(20)26/h8-11,13-15,25H,6-7,21H2,1-5H3,(H2,20,26)(H,22,28)(H,23,29)(H,24,27)(H,30,31). The van der Waals surface area contributed by atoms with E-state index in [9.17, 15) is 34.2 Å². The summed E-state index contributed by atoms with van der Waals surface area (Å²) in [5.74, 6) is -5.02. The van der Waals surface area contributed by atoms with Gasteiger partial charge in [-0.15, -0.1) is 0 Å². The van der Waals surface area contributed by atoms with Crippen LogP contribution in [-0.2, 0) is 24.0 Å². The van der Waals surface area contributed by atoms with E-state index in [1.807, 2.05) is 0 Å². The van der Waals surface area contributed by atoms with Gasteiger partial charge in [-0.2, -0.15) is 0 Å². The molecule has 5 atom stereocenters. The van der Waals surface area contributed by atoms with Crippen LogP contribution in [0, 0.1) is 11.8 Å². The first-order chi connectivity index (χ1) is 14.2. The van der Waals surface area contributed by atoms with E-state index in [-0.39, 0.29) is 18.8 Å². The topological polar surface area (TPSA) is 214 Å². The molecule has 0 heterocycles. The molecule has 4 amide bonds. The van der Waals surface area contributed by atoms with Gasteiger partial charge in [0.1, 0.15) is 18.1 Å². The van der Waals surface area contributed by atoms with E-state index in [4.69, 9.17) is 11.5 Å². The molecule has 31 heavy (non-hydrogen) atoms. The van der Waals surface area contributed by atoms with Gasteiger partial charge in [-0.25, -0.2) is 4.79 Å². The lowest BCUT2D eigenvalue weighted by Gasteiger charge is -2.28. The number of rotatable bonds is 13. The van der Waals surface area contributed by atoms with Crippen molar-refractivity contribution < 1.29 is 34.2 Å². The number of carbonyl (C=O) groups is 5. The van der Waals surface area contributed by atoms with E-state index in [0.717, 1.165) is 0 Å². The molecule has 12 nitrogen and oxygen atoms in total. The molecular weight excluding hydrogens is 410 g/mol. The van der Waals surface area contributed by atoms with Crippen LogP contribution < -0.4 is 27.4 Å². The summed E-state index contributed by atoms with van der Waals surface area (Å²) in [7, 11) is 0. The maximum Gasteiger partial charge on any atom is 0.326 e. The Morgan fingerprint density at radius 1 is 0.806 bits per heavy atom. The maximum absolute atomic E-state index is 12.7. The summed E-state index contributed by atoms with van der Waals surface area (Å²) in [4.78, 5) is 59.8. The van der Waals surface area contributed by atoms with E-state index >= 15 is 0 Å². The summed E-state index contributed by atoms with van der Waals surface area (Å²) in [6.07, 6.45) is -1.75. The number of primary amides is 1. The highest BCUT2D eigenvalue weighted by Crippen LogP contribution is 2.07. The lowest BCUT2D eigenvalue weighted by Crippen LogP contribution is -2.61. The molecule has 0 aromatic carbocycles. The molecule has 0 aliphatic heterocycles. The van der Waals surface area contributed by atoms with E-state index in [0.29, 0.717) is 0 Å². The highest BCUT2D eigenvalue weighted by molar-refractivity contribution is 5.94. The fraction of sp³-hybridized carbons (Fsp3) is 0.737. The quantitative estimate of drug-likeness (QED) is 0.165. The number of carboxylic acid groups (broad SMARTS) is 1. The smallest absolute Gasteiger partial charge is 0.326 e. The second kappa shape index (κ2) is 12.8. The molecule has 0 rings (SSSR count). The fourth-order valence-electron chi connectivity index (χ4n) is 2.54. The molecule has 0 radical (unpaired) electrons. The van der Waals surface area contributed by atoms with Crippen LogP contribution in [0.2, 0.25) is 0 Å². The summed E-state index contributed by atoms with van der Waals surface area (Å²) in [6, 6.07) is -4.83. The number of amides is 4. The molecule has 0 aliphatic rings. The Morgan fingerprint density at radius 2 is 1.29 bits per heavy atom. The van der Waals surface area contributed by atoms with Crippen LogP contribution in [-0.4, -0.2) is 70.1 Å². The molecule has 0 saturated carbocycles. The molecule has 0 bridgehead atoms. The van der Waals surface area contributed by atoms with Gasteiger partial charge < -0.3 is 37.6 Å². The van der Waals surface area contributed by atoms with Crippen LogP contribution in [0.25, 0.3) is 0 Å². The van der Waals surface area contributed by atoms with Crippen molar-refractivity contribution in [2.45, 2.75) is 77.7 Å². The van der Waals surface area contributed by atoms with Crippen LogP contribution in [0.1, 0.15) is 47.5 Å². The monoisotopic (exact) mass is 445 g/mol. The first kappa shape index (κ1) is 28.3. The zero-order valence-electron chi connectivity index (χ0n) is 18.5. The van der Waals surface area contributed by atoms with Gasteiger partial charge in [-0.1, -0.05) is 27.7 Å². The molecular formula is C19H35N5O7. The number of aliphatic hydroxyl groups is 1. The molecule has 0 fully saturated rings. The van der Waals surface area contributed by atoms with Crippen molar-refractivity contribution >= 4 is 29.6 Å². The minimum Gasteiger partial charge on any atom is -0.480 e. The van der Waals surface area contributed by atoms with Crippen molar-refractivity contribution in [3.8, 4) is 0 Å². The van der Waals surface area contributed by atoms with Crippen LogP contribution in [0.3, 0.4) is 0 Å². The van der Waals surface area contributed by atoms with Crippen LogP contribution >= 0.6 is 0 Å². The third kappa shape index (κ3) is 9.75. The van der Waals surface area contributed by atoms with E-state index in [1.165, 1.54) is 6.92 Å². The molecule has 12 heteroatoms. The lowest BCUT2D eigenvalue weighted by molar-refractivity contribution is -0.143. The summed E-state index contributed by atoms with van der Waals surface area (Å²) in [5.41, 5.74) is 10.8. The Bertz CT molecular complexity index is 666. The second-order valence-electron chi connectivity index (χ2n) is 8.13. The summed E-state index contributed by atoms with van der Waals surface area (Å²) >= 11 is 0. The van der Waals surface area contributed by atoms with Crippen molar-refractivity contribution in [2.75, 3.05) is 0 Å². The zero-order chi connectivity index (χ0) is 24.5. The van der Waals surface area contributed by atoms with Crippen LogP contribution in [0.4, 0.5) is 0 Å². The minimum atomic E-state index is -1.38. The van der Waals surface area contributed by atoms with Crippen molar-refractivity contribution in [3.05, 3.63) is 0 Å². The Hall–Kier alpha value is -2.73. The van der Waals surface area contributed by atoms with E-state index in [2.05, 4.69) is 16.0 Å². The minimum absolute atomic E-state index is 0.208. The van der Waals surface area contributed by atoms with Crippen molar-refractivity contribution in [3.63, 3.8) is 0 Å². The van der Waals surface area contributed by atoms with Crippen LogP contribution in [0.5, 0.6) is 0 Å². The molecule has 0 aromatic heterocycles. The largest absolute Gasteiger partial charge is 0.480 e. The van der Waals surface area contributed by atoms with Gasteiger partial charge in [0.25, 0.3) is 0 Å². The van der Waals surface area contributed by atoms with Gasteiger partial charge in [-0.3, -0.25) is 19.2 Å². The molecule has 0 spiro atoms. The van der Waals surface area contributed by atoms with E-state index in [1.54, 1.807) is 27.7 Å². The number of hydrogen-bond donors (Lipinski definition) is 7. The van der Waals surface area contributed by atoms with E-state index < -0.39 is 65.8 Å². The van der Waals surface area contributed by atoms with Gasteiger partial charge in [0.05, 0.1) is 12.1 Å². The average molecular weight is 446 g/mol. The summed E-state index contributed by atoms with van der Waals surface area (Å²) in [6.45, 7) is 7.97. The predicted octanol–water partition coefficient (Wildman–Crippen LogP) is -2.19. The van der Waals surface area contributed by atoms with Gasteiger partial charge in [-0.05, 0) is 25.2 Å². The molecule has 178 valence electrons. The zero-order valence-corrected chi connectivity index (χ0v) is 18.5. The van der Waals surface area contributed by atoms with Gasteiger partial charge in [0, 0.05) is 6.42 Å². The SMILES string of the molecule is CC(C)C(N)C(=O)NC(C(=O)NC(C(=O)NC(CCC(N)=O)C(=O)O)C(C)C)C(C)O. The number of nitrogens with one attached hydrogen (secondary N) is 3. The second-order valence-corrected chi connectivity index (χ2v) is 8.13. The Labute approximate surface area is 181 Å². The molecule has 0 aliphatic carbocycles. The van der Waals surface area contributed by atoms with Gasteiger partial charge in [0.2, 0.25) is 23.6 Å². The number of nitrogens with two attached hydrogens (primary N) is 2. The molecule has 9 N–H and O–H groups in total. The third-order valence-electron chi connectivity index (χ3n) is 4.62. The first-order valence-electron chi connectivity index (χ1n) is 10.0. The number of carbonyl (C=O) groups excluding carboxylic acids is 4. The number of carboxylic acids is 1. The Kier molecular flexibility index (Phi) is 11.7. The highest BCUT2D eigenvalue weighted by Gasteiger charge is 2.34. The lowest BCUT2D eigenvalue weighted by atomic mass is 10.0. The molecule has 0 saturated heterocycles. The fourth-order valence-corrected chi connectivity index (χ4v) is 2.54. The predicted molar refractivity (Wildman–Crippen MR) is 111 cm³/mol. The third-order valence-corrected chi connectivity index (χ3v) is 4.62. The van der Waals surface area contributed by atoms with Crippen molar-refractivity contribution in [1.82, 2.24) is 16.0 Å². The number of aliphatic hydroxyl groups excluding tert-OH is 1. The Balaban J connectivity index is 5.36. The number of hydrogen-bond acceptors (Lipinski definition) is 7. The Morgan fingerprint density at radius 3 is 1.68 bits per heavy atom. The maximum atomic E-state index is 12.7. The van der Waals surface area contributed by atoms with Crippen molar-refractivity contribution in [2.24, 2.45) is 23.3 Å².